The maximum Gasteiger partial charge on any atom is 0.0449 e. The van der Waals surface area contributed by atoms with Crippen molar-refractivity contribution in [3.63, 3.8) is 0 Å². The fourth-order valence-corrected chi connectivity index (χ4v) is 3.02. The summed E-state index contributed by atoms with van der Waals surface area (Å²) >= 11 is 9.78. The molecule has 3 heteroatoms. The lowest BCUT2D eigenvalue weighted by molar-refractivity contribution is 0.268. The molecule has 1 atom stereocenters. The van der Waals surface area contributed by atoms with Gasteiger partial charge in [0.05, 0.1) is 0 Å². The van der Waals surface area contributed by atoms with Crippen LogP contribution in [0.4, 0.5) is 0 Å². The van der Waals surface area contributed by atoms with E-state index >= 15 is 0 Å². The second kappa shape index (κ2) is 6.21. The van der Waals surface area contributed by atoms with E-state index in [9.17, 15) is 0 Å². The average Bonchev–Trinajstić information content (AvgIpc) is 2.20. The highest BCUT2D eigenvalue weighted by atomic mass is 79.9. The lowest BCUT2D eigenvalue weighted by Crippen LogP contribution is -2.38. The van der Waals surface area contributed by atoms with E-state index in [2.05, 4.69) is 42.0 Å². The molecule has 1 N–H and O–H groups in total. The normalized spacial score (nSPS) is 13.8. The number of nitrogens with one attached hydrogen (secondary N) is 1. The smallest absolute Gasteiger partial charge is 0.0449 e. The number of rotatable bonds is 4. The quantitative estimate of drug-likeness (QED) is 0.850. The van der Waals surface area contributed by atoms with Crippen molar-refractivity contribution in [1.29, 1.82) is 0 Å². The highest BCUT2D eigenvalue weighted by Crippen LogP contribution is 2.29. The first-order valence-corrected chi connectivity index (χ1v) is 7.13. The average molecular weight is 319 g/mol. The van der Waals surface area contributed by atoms with Crippen molar-refractivity contribution >= 4 is 27.5 Å². The zero-order valence-electron chi connectivity index (χ0n) is 11.0. The van der Waals surface area contributed by atoms with Crippen LogP contribution in [0.25, 0.3) is 0 Å². The first kappa shape index (κ1) is 15.0. The first-order valence-electron chi connectivity index (χ1n) is 5.96. The van der Waals surface area contributed by atoms with Gasteiger partial charge in [0.1, 0.15) is 0 Å². The van der Waals surface area contributed by atoms with Crippen LogP contribution < -0.4 is 5.32 Å². The van der Waals surface area contributed by atoms with Crippen LogP contribution >= 0.6 is 27.5 Å². The van der Waals surface area contributed by atoms with Crippen LogP contribution in [0.15, 0.2) is 22.7 Å². The fourth-order valence-electron chi connectivity index (χ4n) is 2.07. The summed E-state index contributed by atoms with van der Waals surface area (Å²) < 4.78 is 1.11. The Hall–Kier alpha value is -0.0500. The Morgan fingerprint density at radius 2 is 2.00 bits per heavy atom. The number of hydrogen-bond acceptors (Lipinski definition) is 1. The van der Waals surface area contributed by atoms with Crippen LogP contribution in [0.5, 0.6) is 0 Å². The highest BCUT2D eigenvalue weighted by molar-refractivity contribution is 9.10. The molecule has 0 aliphatic heterocycles. The molecule has 1 rings (SSSR count). The summed E-state index contributed by atoms with van der Waals surface area (Å²) in [4.78, 5) is 0. The van der Waals surface area contributed by atoms with Gasteiger partial charge < -0.3 is 5.32 Å². The van der Waals surface area contributed by atoms with Crippen molar-refractivity contribution < 1.29 is 0 Å². The minimum absolute atomic E-state index is 0.266. The Labute approximate surface area is 118 Å². The minimum atomic E-state index is 0.266. The molecule has 1 aromatic rings. The van der Waals surface area contributed by atoms with Gasteiger partial charge in [0, 0.05) is 15.5 Å². The molecule has 0 saturated carbocycles. The standard InChI is InChI=1S/C14H21BrClN/c1-14(2,3)13(17-4)9-8-10-11(15)6-5-7-12(10)16/h5-7,13,17H,8-9H2,1-4H3. The van der Waals surface area contributed by atoms with Crippen LogP contribution in [0.2, 0.25) is 5.02 Å². The maximum absolute atomic E-state index is 6.22. The molecule has 0 aliphatic rings. The molecule has 0 spiro atoms. The fraction of sp³-hybridized carbons (Fsp3) is 0.571. The van der Waals surface area contributed by atoms with E-state index in [0.29, 0.717) is 6.04 Å². The van der Waals surface area contributed by atoms with Gasteiger partial charge in [0.15, 0.2) is 0 Å². The van der Waals surface area contributed by atoms with Gasteiger partial charge in [-0.3, -0.25) is 0 Å². The van der Waals surface area contributed by atoms with Crippen molar-refractivity contribution in [3.05, 3.63) is 33.3 Å². The van der Waals surface area contributed by atoms with Gasteiger partial charge in [-0.25, -0.2) is 0 Å². The maximum atomic E-state index is 6.22. The molecular formula is C14H21BrClN. The predicted molar refractivity (Wildman–Crippen MR) is 79.8 cm³/mol. The lowest BCUT2D eigenvalue weighted by Gasteiger charge is -2.30. The lowest BCUT2D eigenvalue weighted by atomic mass is 9.83. The Morgan fingerprint density at radius 3 is 2.47 bits per heavy atom. The molecule has 0 amide bonds. The van der Waals surface area contributed by atoms with Crippen LogP contribution in [0.3, 0.4) is 0 Å². The SMILES string of the molecule is CNC(CCc1c(Cl)cccc1Br)C(C)(C)C. The Morgan fingerprint density at radius 1 is 1.35 bits per heavy atom. The van der Waals surface area contributed by atoms with Crippen LogP contribution in [-0.4, -0.2) is 13.1 Å². The Kier molecular flexibility index (Phi) is 5.49. The Bertz CT molecular complexity index is 351. The molecule has 1 unspecified atom stereocenters. The molecule has 1 aromatic carbocycles. The summed E-state index contributed by atoms with van der Waals surface area (Å²) in [6.07, 6.45) is 2.07. The summed E-state index contributed by atoms with van der Waals surface area (Å²) in [5, 5.41) is 4.24. The zero-order chi connectivity index (χ0) is 13.1. The summed E-state index contributed by atoms with van der Waals surface area (Å²) in [7, 11) is 2.03. The molecular weight excluding hydrogens is 298 g/mol. The van der Waals surface area contributed by atoms with E-state index in [0.717, 1.165) is 22.3 Å². The van der Waals surface area contributed by atoms with Gasteiger partial charge in [0.25, 0.3) is 0 Å². The van der Waals surface area contributed by atoms with Crippen LogP contribution in [-0.2, 0) is 6.42 Å². The van der Waals surface area contributed by atoms with Crippen LogP contribution in [0, 0.1) is 5.41 Å². The molecule has 96 valence electrons. The summed E-state index contributed by atoms with van der Waals surface area (Å²) in [5.74, 6) is 0. The van der Waals surface area contributed by atoms with Gasteiger partial charge in [-0.1, -0.05) is 54.4 Å². The summed E-state index contributed by atoms with van der Waals surface area (Å²) in [5.41, 5.74) is 1.47. The van der Waals surface area contributed by atoms with E-state index in [-0.39, 0.29) is 5.41 Å². The van der Waals surface area contributed by atoms with E-state index in [1.807, 2.05) is 25.2 Å². The van der Waals surface area contributed by atoms with E-state index in [1.54, 1.807) is 0 Å². The molecule has 0 fully saturated rings. The van der Waals surface area contributed by atoms with Gasteiger partial charge in [-0.2, -0.15) is 0 Å². The van der Waals surface area contributed by atoms with Gasteiger partial charge in [-0.15, -0.1) is 0 Å². The molecule has 0 aliphatic carbocycles. The van der Waals surface area contributed by atoms with Crippen molar-refractivity contribution in [2.75, 3.05) is 7.05 Å². The molecule has 0 heterocycles. The molecule has 0 aromatic heterocycles. The number of halogens is 2. The third-order valence-corrected chi connectivity index (χ3v) is 4.24. The topological polar surface area (TPSA) is 12.0 Å². The molecule has 0 radical (unpaired) electrons. The molecule has 0 bridgehead atoms. The number of benzene rings is 1. The molecule has 1 nitrogen and oxygen atoms in total. The highest BCUT2D eigenvalue weighted by Gasteiger charge is 2.23. The second-order valence-electron chi connectivity index (χ2n) is 5.45. The molecule has 0 saturated heterocycles. The van der Waals surface area contributed by atoms with Gasteiger partial charge in [0.2, 0.25) is 0 Å². The molecule has 17 heavy (non-hydrogen) atoms. The van der Waals surface area contributed by atoms with E-state index in [1.165, 1.54) is 5.56 Å². The van der Waals surface area contributed by atoms with Crippen molar-refractivity contribution in [2.45, 2.75) is 39.7 Å². The van der Waals surface area contributed by atoms with Gasteiger partial charge >= 0.3 is 0 Å². The summed E-state index contributed by atoms with van der Waals surface area (Å²) in [6, 6.07) is 6.46. The van der Waals surface area contributed by atoms with E-state index < -0.39 is 0 Å². The largest absolute Gasteiger partial charge is 0.316 e. The Balaban J connectivity index is 2.73. The summed E-state index contributed by atoms with van der Waals surface area (Å²) in [6.45, 7) is 6.78. The van der Waals surface area contributed by atoms with Crippen LogP contribution in [0.1, 0.15) is 32.8 Å². The third-order valence-electron chi connectivity index (χ3n) is 3.14. The minimum Gasteiger partial charge on any atom is -0.316 e. The van der Waals surface area contributed by atoms with Crippen molar-refractivity contribution in [1.82, 2.24) is 5.32 Å². The predicted octanol–water partition coefficient (Wildman–Crippen LogP) is 4.67. The second-order valence-corrected chi connectivity index (χ2v) is 6.71. The van der Waals surface area contributed by atoms with Crippen molar-refractivity contribution in [2.24, 2.45) is 5.41 Å². The monoisotopic (exact) mass is 317 g/mol. The first-order chi connectivity index (χ1) is 7.86. The van der Waals surface area contributed by atoms with Crippen molar-refractivity contribution in [3.8, 4) is 0 Å². The van der Waals surface area contributed by atoms with E-state index in [4.69, 9.17) is 11.6 Å². The van der Waals surface area contributed by atoms with Gasteiger partial charge in [-0.05, 0) is 43.0 Å². The number of hydrogen-bond donors (Lipinski definition) is 1. The zero-order valence-corrected chi connectivity index (χ0v) is 13.3. The third kappa shape index (κ3) is 4.27.